The number of carbonyl (C=O) groups excluding carboxylic acids is 1. The number of hydrogen-bond donors (Lipinski definition) is 1. The number of benzene rings is 1. The van der Waals surface area contributed by atoms with Crippen molar-refractivity contribution in [3.05, 3.63) is 70.0 Å². The molecule has 0 aliphatic carbocycles. The molecule has 2 aromatic rings. The summed E-state index contributed by atoms with van der Waals surface area (Å²) in [5.41, 5.74) is 1.82. The number of aromatic nitrogens is 1. The van der Waals surface area contributed by atoms with E-state index in [1.54, 1.807) is 12.1 Å². The summed E-state index contributed by atoms with van der Waals surface area (Å²) in [6.45, 7) is 0.743. The van der Waals surface area contributed by atoms with Gasteiger partial charge in [0.25, 0.3) is 0 Å². The zero-order valence-corrected chi connectivity index (χ0v) is 13.8. The molecule has 1 N–H and O–H groups in total. The number of rotatable bonds is 6. The van der Waals surface area contributed by atoms with Gasteiger partial charge in [-0.15, -0.1) is 0 Å². The normalized spacial score (nSPS) is 10.7. The quantitative estimate of drug-likeness (QED) is 0.605. The smallest absolute Gasteiger partial charge is 0.407 e. The number of pyridine rings is 1. The number of hydrogen-bond acceptors (Lipinski definition) is 3. The Morgan fingerprint density at radius 2 is 1.87 bits per heavy atom. The Hall–Kier alpha value is -2.04. The van der Waals surface area contributed by atoms with Gasteiger partial charge < -0.3 is 10.1 Å². The van der Waals surface area contributed by atoms with Crippen LogP contribution in [-0.2, 0) is 11.3 Å². The maximum absolute atomic E-state index is 11.5. The van der Waals surface area contributed by atoms with Gasteiger partial charge >= 0.3 is 6.09 Å². The van der Waals surface area contributed by atoms with E-state index in [0.29, 0.717) is 23.3 Å². The third-order valence-corrected chi connectivity index (χ3v) is 3.28. The van der Waals surface area contributed by atoms with Gasteiger partial charge in [-0.25, -0.2) is 9.78 Å². The molecule has 2 rings (SSSR count). The van der Waals surface area contributed by atoms with E-state index in [0.717, 1.165) is 11.1 Å². The van der Waals surface area contributed by atoms with Crippen molar-refractivity contribution in [3.8, 4) is 0 Å². The molecule has 1 aromatic heterocycles. The van der Waals surface area contributed by atoms with Crippen molar-refractivity contribution < 1.29 is 9.53 Å². The van der Waals surface area contributed by atoms with Gasteiger partial charge in [0.2, 0.25) is 0 Å². The summed E-state index contributed by atoms with van der Waals surface area (Å²) in [6, 6.07) is 13.0. The second-order valence-corrected chi connectivity index (χ2v) is 5.50. The van der Waals surface area contributed by atoms with Crippen molar-refractivity contribution in [2.24, 2.45) is 0 Å². The first-order chi connectivity index (χ1) is 11.1. The molecule has 1 amide bonds. The van der Waals surface area contributed by atoms with E-state index in [1.807, 2.05) is 42.5 Å². The number of alkyl carbamates (subject to hydrolysis) is 1. The Bertz CT molecular complexity index is 655. The van der Waals surface area contributed by atoms with Crippen LogP contribution >= 0.6 is 23.2 Å². The first kappa shape index (κ1) is 17.3. The number of carbonyl (C=O) groups is 1. The van der Waals surface area contributed by atoms with Crippen molar-refractivity contribution in [1.29, 1.82) is 0 Å². The number of nitrogens with one attached hydrogen (secondary N) is 1. The fourth-order valence-corrected chi connectivity index (χ4v) is 2.31. The first-order valence-corrected chi connectivity index (χ1v) is 7.83. The third-order valence-electron chi connectivity index (χ3n) is 2.89. The van der Waals surface area contributed by atoms with Crippen molar-refractivity contribution in [2.45, 2.75) is 13.0 Å². The maximum Gasteiger partial charge on any atom is 0.407 e. The van der Waals surface area contributed by atoms with Crippen LogP contribution in [0, 0.1) is 0 Å². The molecule has 23 heavy (non-hydrogen) atoms. The Morgan fingerprint density at radius 1 is 1.17 bits per heavy atom. The van der Waals surface area contributed by atoms with Gasteiger partial charge in [0.15, 0.2) is 0 Å². The Labute approximate surface area is 145 Å². The molecule has 4 nitrogen and oxygen atoms in total. The van der Waals surface area contributed by atoms with Crippen LogP contribution in [0.25, 0.3) is 6.08 Å². The van der Waals surface area contributed by atoms with Crippen LogP contribution < -0.4 is 5.32 Å². The molecular weight excluding hydrogens is 335 g/mol. The van der Waals surface area contributed by atoms with E-state index in [2.05, 4.69) is 10.3 Å². The number of nitrogens with zero attached hydrogens (tertiary/aromatic N) is 1. The molecule has 0 aliphatic rings. The van der Waals surface area contributed by atoms with Gasteiger partial charge in [-0.1, -0.05) is 65.7 Å². The van der Waals surface area contributed by atoms with E-state index in [4.69, 9.17) is 27.9 Å². The Kier molecular flexibility index (Phi) is 6.91. The lowest BCUT2D eigenvalue weighted by atomic mass is 10.2. The standard InChI is InChI=1S/C17H16Cl2N2O2/c18-15-10-14(11-16(19)21-15)8-4-5-9-20-17(22)23-12-13-6-2-1-3-7-13/h1-4,6-8,10-11H,5,9,12H2,(H,20,22). The van der Waals surface area contributed by atoms with Crippen molar-refractivity contribution in [1.82, 2.24) is 10.3 Å². The van der Waals surface area contributed by atoms with Crippen LogP contribution in [0.4, 0.5) is 4.79 Å². The highest BCUT2D eigenvalue weighted by Gasteiger charge is 2.01. The maximum atomic E-state index is 11.5. The highest BCUT2D eigenvalue weighted by atomic mass is 35.5. The Balaban J connectivity index is 1.66. The molecule has 0 radical (unpaired) electrons. The van der Waals surface area contributed by atoms with Gasteiger partial charge in [-0.3, -0.25) is 0 Å². The largest absolute Gasteiger partial charge is 0.445 e. The highest BCUT2D eigenvalue weighted by Crippen LogP contribution is 2.15. The van der Waals surface area contributed by atoms with E-state index in [1.165, 1.54) is 0 Å². The minimum absolute atomic E-state index is 0.260. The summed E-state index contributed by atoms with van der Waals surface area (Å²) >= 11 is 11.6. The average molecular weight is 351 g/mol. The van der Waals surface area contributed by atoms with Gasteiger partial charge in [0, 0.05) is 6.54 Å². The number of halogens is 2. The highest BCUT2D eigenvalue weighted by molar-refractivity contribution is 6.32. The molecule has 120 valence electrons. The third kappa shape index (κ3) is 6.72. The van der Waals surface area contributed by atoms with Crippen LogP contribution in [0.5, 0.6) is 0 Å². The Morgan fingerprint density at radius 3 is 2.57 bits per heavy atom. The molecule has 0 saturated heterocycles. The van der Waals surface area contributed by atoms with Gasteiger partial charge in [0.05, 0.1) is 0 Å². The lowest BCUT2D eigenvalue weighted by Gasteiger charge is -2.05. The minimum atomic E-state index is -0.433. The van der Waals surface area contributed by atoms with E-state index >= 15 is 0 Å². The zero-order chi connectivity index (χ0) is 16.5. The topological polar surface area (TPSA) is 51.2 Å². The molecule has 6 heteroatoms. The number of amides is 1. The summed E-state index contributed by atoms with van der Waals surface area (Å²) in [7, 11) is 0. The molecular formula is C17H16Cl2N2O2. The van der Waals surface area contributed by atoms with Crippen LogP contribution in [-0.4, -0.2) is 17.6 Å². The fraction of sp³-hybridized carbons (Fsp3) is 0.176. The van der Waals surface area contributed by atoms with E-state index in [-0.39, 0.29) is 6.61 Å². The molecule has 0 spiro atoms. The molecule has 0 fully saturated rings. The zero-order valence-electron chi connectivity index (χ0n) is 12.3. The molecule has 0 atom stereocenters. The van der Waals surface area contributed by atoms with E-state index in [9.17, 15) is 4.79 Å². The second kappa shape index (κ2) is 9.18. The number of ether oxygens (including phenoxy) is 1. The van der Waals surface area contributed by atoms with Gasteiger partial charge in [0.1, 0.15) is 16.9 Å². The predicted molar refractivity (Wildman–Crippen MR) is 92.5 cm³/mol. The summed E-state index contributed by atoms with van der Waals surface area (Å²) in [5.74, 6) is 0. The summed E-state index contributed by atoms with van der Waals surface area (Å²) in [5, 5.41) is 3.38. The van der Waals surface area contributed by atoms with Crippen LogP contribution in [0.2, 0.25) is 10.3 Å². The minimum Gasteiger partial charge on any atom is -0.445 e. The molecule has 0 unspecified atom stereocenters. The molecule has 1 heterocycles. The predicted octanol–water partition coefficient (Wildman–Crippen LogP) is 4.72. The lowest BCUT2D eigenvalue weighted by Crippen LogP contribution is -2.24. The SMILES string of the molecule is O=C(NCCC=Cc1cc(Cl)nc(Cl)c1)OCc1ccccc1. The van der Waals surface area contributed by atoms with Crippen LogP contribution in [0.15, 0.2) is 48.5 Å². The first-order valence-electron chi connectivity index (χ1n) is 7.07. The summed E-state index contributed by atoms with van der Waals surface area (Å²) < 4.78 is 5.11. The lowest BCUT2D eigenvalue weighted by molar-refractivity contribution is 0.140. The van der Waals surface area contributed by atoms with Gasteiger partial charge in [-0.05, 0) is 29.7 Å². The van der Waals surface area contributed by atoms with Crippen molar-refractivity contribution in [3.63, 3.8) is 0 Å². The monoisotopic (exact) mass is 350 g/mol. The molecule has 0 bridgehead atoms. The van der Waals surface area contributed by atoms with Gasteiger partial charge in [-0.2, -0.15) is 0 Å². The van der Waals surface area contributed by atoms with Crippen LogP contribution in [0.3, 0.4) is 0 Å². The van der Waals surface area contributed by atoms with E-state index < -0.39 is 6.09 Å². The molecule has 1 aromatic carbocycles. The van der Waals surface area contributed by atoms with Crippen molar-refractivity contribution in [2.75, 3.05) is 6.54 Å². The summed E-state index contributed by atoms with van der Waals surface area (Å²) in [6.07, 6.45) is 4.02. The molecule has 0 saturated carbocycles. The van der Waals surface area contributed by atoms with Crippen LogP contribution in [0.1, 0.15) is 17.5 Å². The fourth-order valence-electron chi connectivity index (χ4n) is 1.83. The second-order valence-electron chi connectivity index (χ2n) is 4.73. The molecule has 0 aliphatic heterocycles. The average Bonchev–Trinajstić information content (AvgIpc) is 2.53. The van der Waals surface area contributed by atoms with Crippen molar-refractivity contribution >= 4 is 35.4 Å². The summed E-state index contributed by atoms with van der Waals surface area (Å²) in [4.78, 5) is 15.4.